The van der Waals surface area contributed by atoms with Crippen molar-refractivity contribution < 1.29 is 9.59 Å². The van der Waals surface area contributed by atoms with E-state index in [1.807, 2.05) is 55.5 Å². The van der Waals surface area contributed by atoms with Gasteiger partial charge in [0, 0.05) is 21.4 Å². The Labute approximate surface area is 155 Å². The van der Waals surface area contributed by atoms with E-state index in [2.05, 4.69) is 5.32 Å². The Morgan fingerprint density at radius 1 is 1.04 bits per heavy atom. The maximum absolute atomic E-state index is 12.2. The summed E-state index contributed by atoms with van der Waals surface area (Å²) in [6, 6.07) is 15.1. The van der Waals surface area contributed by atoms with Crippen LogP contribution in [0, 0.1) is 0 Å². The van der Waals surface area contributed by atoms with E-state index in [0.29, 0.717) is 17.3 Å². The summed E-state index contributed by atoms with van der Waals surface area (Å²) in [7, 11) is 0. The number of benzene rings is 2. The molecule has 1 fully saturated rings. The fourth-order valence-electron chi connectivity index (χ4n) is 2.44. The summed E-state index contributed by atoms with van der Waals surface area (Å²) in [6.07, 6.45) is 2.44. The highest BCUT2D eigenvalue weighted by atomic mass is 35.5. The first kappa shape index (κ1) is 17.6. The summed E-state index contributed by atoms with van der Waals surface area (Å²) in [4.78, 5) is 27.4. The number of carbonyl (C=O) groups excluding carboxylic acids is 2. The molecule has 1 heterocycles. The molecule has 2 aromatic rings. The third-order valence-corrected chi connectivity index (χ3v) is 4.92. The molecule has 0 unspecified atom stereocenters. The van der Waals surface area contributed by atoms with Gasteiger partial charge in [-0.2, -0.15) is 0 Å². The van der Waals surface area contributed by atoms with Crippen molar-refractivity contribution in [2.45, 2.75) is 23.1 Å². The van der Waals surface area contributed by atoms with E-state index >= 15 is 0 Å². The SMILES string of the molecule is CCCN1C(=O)N/C(=C/c2ccc(Sc3ccc(Cl)cc3)cc2)C1=O. The topological polar surface area (TPSA) is 49.4 Å². The van der Waals surface area contributed by atoms with Gasteiger partial charge in [0.2, 0.25) is 0 Å². The Hall–Kier alpha value is -2.24. The van der Waals surface area contributed by atoms with Crippen LogP contribution in [0.25, 0.3) is 6.08 Å². The van der Waals surface area contributed by atoms with E-state index in [1.165, 1.54) is 4.90 Å². The molecule has 0 atom stereocenters. The molecule has 2 aromatic carbocycles. The van der Waals surface area contributed by atoms with E-state index < -0.39 is 0 Å². The normalized spacial score (nSPS) is 15.8. The minimum absolute atomic E-state index is 0.272. The highest BCUT2D eigenvalue weighted by Crippen LogP contribution is 2.29. The highest BCUT2D eigenvalue weighted by molar-refractivity contribution is 7.99. The van der Waals surface area contributed by atoms with Crippen LogP contribution in [0.15, 0.2) is 64.0 Å². The maximum atomic E-state index is 12.2. The summed E-state index contributed by atoms with van der Waals surface area (Å²) < 4.78 is 0. The van der Waals surface area contributed by atoms with Crippen LogP contribution in [0.5, 0.6) is 0 Å². The van der Waals surface area contributed by atoms with E-state index in [4.69, 9.17) is 11.6 Å². The first-order valence-electron chi connectivity index (χ1n) is 7.95. The monoisotopic (exact) mass is 372 g/mol. The largest absolute Gasteiger partial charge is 0.329 e. The van der Waals surface area contributed by atoms with Crippen molar-refractivity contribution >= 4 is 41.4 Å². The molecule has 0 saturated carbocycles. The Morgan fingerprint density at radius 3 is 2.24 bits per heavy atom. The quantitative estimate of drug-likeness (QED) is 0.606. The number of amides is 3. The molecule has 0 radical (unpaired) electrons. The molecule has 1 aliphatic rings. The van der Waals surface area contributed by atoms with Gasteiger partial charge >= 0.3 is 6.03 Å². The van der Waals surface area contributed by atoms with Crippen molar-refractivity contribution in [3.8, 4) is 0 Å². The summed E-state index contributed by atoms with van der Waals surface area (Å²) in [5, 5.41) is 3.34. The zero-order valence-electron chi connectivity index (χ0n) is 13.7. The molecule has 0 spiro atoms. The van der Waals surface area contributed by atoms with Crippen LogP contribution in [0.3, 0.4) is 0 Å². The average molecular weight is 373 g/mol. The fraction of sp³-hybridized carbons (Fsp3) is 0.158. The molecular formula is C19H17ClN2O2S. The van der Waals surface area contributed by atoms with Crippen LogP contribution in [0.1, 0.15) is 18.9 Å². The summed E-state index contributed by atoms with van der Waals surface area (Å²) in [6.45, 7) is 2.36. The first-order valence-corrected chi connectivity index (χ1v) is 9.14. The van der Waals surface area contributed by atoms with Crippen LogP contribution in [0.2, 0.25) is 5.02 Å². The Morgan fingerprint density at radius 2 is 1.64 bits per heavy atom. The molecule has 1 N–H and O–H groups in total. The second-order valence-corrected chi connectivity index (χ2v) is 7.15. The molecule has 0 aromatic heterocycles. The summed E-state index contributed by atoms with van der Waals surface area (Å²) in [5.41, 5.74) is 1.18. The molecule has 1 aliphatic heterocycles. The van der Waals surface area contributed by atoms with Crippen molar-refractivity contribution in [1.29, 1.82) is 0 Å². The van der Waals surface area contributed by atoms with Gasteiger partial charge in [0.05, 0.1) is 0 Å². The minimum atomic E-state index is -0.354. The molecule has 3 amide bonds. The predicted octanol–water partition coefficient (Wildman–Crippen LogP) is 4.79. The molecule has 3 rings (SSSR count). The van der Waals surface area contributed by atoms with Gasteiger partial charge in [-0.1, -0.05) is 42.4 Å². The lowest BCUT2D eigenvalue weighted by molar-refractivity contribution is -0.122. The zero-order chi connectivity index (χ0) is 17.8. The van der Waals surface area contributed by atoms with E-state index in [1.54, 1.807) is 17.8 Å². The van der Waals surface area contributed by atoms with Gasteiger partial charge in [-0.25, -0.2) is 4.79 Å². The lowest BCUT2D eigenvalue weighted by atomic mass is 10.2. The zero-order valence-corrected chi connectivity index (χ0v) is 15.2. The van der Waals surface area contributed by atoms with Crippen LogP contribution in [0.4, 0.5) is 4.79 Å². The van der Waals surface area contributed by atoms with E-state index in [-0.39, 0.29) is 11.9 Å². The Kier molecular flexibility index (Phi) is 5.46. The smallest absolute Gasteiger partial charge is 0.303 e. The van der Waals surface area contributed by atoms with Gasteiger partial charge in [-0.05, 0) is 54.5 Å². The average Bonchev–Trinajstić information content (AvgIpc) is 2.86. The van der Waals surface area contributed by atoms with Crippen LogP contribution < -0.4 is 5.32 Å². The second kappa shape index (κ2) is 7.76. The molecule has 128 valence electrons. The van der Waals surface area contributed by atoms with Gasteiger partial charge in [0.1, 0.15) is 5.70 Å². The van der Waals surface area contributed by atoms with Gasteiger partial charge in [0.25, 0.3) is 5.91 Å². The third kappa shape index (κ3) is 4.24. The Bertz CT molecular complexity index is 816. The third-order valence-electron chi connectivity index (χ3n) is 3.65. The number of urea groups is 1. The van der Waals surface area contributed by atoms with E-state index in [9.17, 15) is 9.59 Å². The highest BCUT2D eigenvalue weighted by Gasteiger charge is 2.32. The van der Waals surface area contributed by atoms with Crippen LogP contribution >= 0.6 is 23.4 Å². The predicted molar refractivity (Wildman–Crippen MR) is 101 cm³/mol. The number of carbonyl (C=O) groups is 2. The maximum Gasteiger partial charge on any atom is 0.329 e. The number of nitrogens with one attached hydrogen (secondary N) is 1. The van der Waals surface area contributed by atoms with Crippen molar-refractivity contribution in [2.75, 3.05) is 6.54 Å². The lowest BCUT2D eigenvalue weighted by Gasteiger charge is -2.08. The number of imide groups is 1. The molecule has 25 heavy (non-hydrogen) atoms. The van der Waals surface area contributed by atoms with Gasteiger partial charge in [0.15, 0.2) is 0 Å². The number of hydrogen-bond donors (Lipinski definition) is 1. The standard InChI is InChI=1S/C19H17ClN2O2S/c1-2-11-22-18(23)17(21-19(22)24)12-13-3-7-15(8-4-13)25-16-9-5-14(20)6-10-16/h3-10,12H,2,11H2,1H3,(H,21,24)/b17-12+. The Balaban J connectivity index is 1.71. The molecule has 4 nitrogen and oxygen atoms in total. The number of hydrogen-bond acceptors (Lipinski definition) is 3. The molecular weight excluding hydrogens is 356 g/mol. The van der Waals surface area contributed by atoms with Crippen molar-refractivity contribution in [2.24, 2.45) is 0 Å². The number of halogens is 1. The minimum Gasteiger partial charge on any atom is -0.303 e. The number of nitrogens with zero attached hydrogens (tertiary/aromatic N) is 1. The molecule has 0 bridgehead atoms. The van der Waals surface area contributed by atoms with Crippen LogP contribution in [-0.4, -0.2) is 23.4 Å². The van der Waals surface area contributed by atoms with Crippen molar-refractivity contribution in [3.05, 3.63) is 64.8 Å². The lowest BCUT2D eigenvalue weighted by Crippen LogP contribution is -2.31. The fourth-order valence-corrected chi connectivity index (χ4v) is 3.38. The molecule has 1 saturated heterocycles. The van der Waals surface area contributed by atoms with Crippen molar-refractivity contribution in [1.82, 2.24) is 10.2 Å². The number of rotatable bonds is 5. The second-order valence-electron chi connectivity index (χ2n) is 5.57. The van der Waals surface area contributed by atoms with Crippen molar-refractivity contribution in [3.63, 3.8) is 0 Å². The van der Waals surface area contributed by atoms with Gasteiger partial charge < -0.3 is 5.32 Å². The molecule has 6 heteroatoms. The van der Waals surface area contributed by atoms with Crippen LogP contribution in [-0.2, 0) is 4.79 Å². The van der Waals surface area contributed by atoms with E-state index in [0.717, 1.165) is 21.8 Å². The first-order chi connectivity index (χ1) is 12.1. The van der Waals surface area contributed by atoms with Gasteiger partial charge in [-0.15, -0.1) is 0 Å². The molecule has 0 aliphatic carbocycles. The summed E-state index contributed by atoms with van der Waals surface area (Å²) in [5.74, 6) is -0.272. The summed E-state index contributed by atoms with van der Waals surface area (Å²) >= 11 is 7.52. The van der Waals surface area contributed by atoms with Gasteiger partial charge in [-0.3, -0.25) is 9.69 Å².